The van der Waals surface area contributed by atoms with Crippen molar-refractivity contribution in [3.63, 3.8) is 0 Å². The van der Waals surface area contributed by atoms with Gasteiger partial charge in [-0.15, -0.1) is 0 Å². The Labute approximate surface area is 182 Å². The molecule has 32 heavy (non-hydrogen) atoms. The van der Waals surface area contributed by atoms with Gasteiger partial charge in [-0.3, -0.25) is 4.79 Å². The van der Waals surface area contributed by atoms with Crippen LogP contribution in [0.1, 0.15) is 30.2 Å². The molecular formula is C22H22F2N4O4. The van der Waals surface area contributed by atoms with Crippen molar-refractivity contribution in [3.05, 3.63) is 35.0 Å². The smallest absolute Gasteiger partial charge is 0.290 e. The number of rotatable bonds is 2. The lowest BCUT2D eigenvalue weighted by Gasteiger charge is -2.43. The fourth-order valence-corrected chi connectivity index (χ4v) is 4.98. The van der Waals surface area contributed by atoms with Gasteiger partial charge in [0.05, 0.1) is 24.4 Å². The highest BCUT2D eigenvalue weighted by molar-refractivity contribution is 5.80. The second-order valence-corrected chi connectivity index (χ2v) is 8.99. The van der Waals surface area contributed by atoms with Gasteiger partial charge in [-0.25, -0.2) is 9.97 Å². The number of hydrogen-bond donors (Lipinski definition) is 2. The topological polar surface area (TPSA) is 96.8 Å². The fourth-order valence-electron chi connectivity index (χ4n) is 4.98. The minimum Gasteiger partial charge on any atom is -0.490 e. The van der Waals surface area contributed by atoms with Gasteiger partial charge in [0.1, 0.15) is 30.2 Å². The van der Waals surface area contributed by atoms with E-state index < -0.39 is 17.6 Å². The maximum Gasteiger partial charge on any atom is 0.290 e. The van der Waals surface area contributed by atoms with Crippen LogP contribution in [0.5, 0.6) is 5.75 Å². The summed E-state index contributed by atoms with van der Waals surface area (Å²) in [7, 11) is 0. The summed E-state index contributed by atoms with van der Waals surface area (Å²) >= 11 is 0. The summed E-state index contributed by atoms with van der Waals surface area (Å²) in [6, 6.07) is 5.19. The molecule has 1 spiro atoms. The molecule has 8 nitrogen and oxygen atoms in total. The first-order valence-electron chi connectivity index (χ1n) is 10.7. The number of ether oxygens (including phenoxy) is 2. The molecule has 1 aromatic carbocycles. The van der Waals surface area contributed by atoms with Crippen LogP contribution in [0.3, 0.4) is 0 Å². The molecular weight excluding hydrogens is 422 g/mol. The molecule has 6 rings (SSSR count). The van der Waals surface area contributed by atoms with Crippen LogP contribution < -0.4 is 15.0 Å². The van der Waals surface area contributed by atoms with Crippen molar-refractivity contribution in [2.75, 3.05) is 31.3 Å². The molecule has 3 aliphatic heterocycles. The predicted molar refractivity (Wildman–Crippen MR) is 109 cm³/mol. The largest absolute Gasteiger partial charge is 0.490 e. The molecule has 3 atom stereocenters. The maximum absolute atomic E-state index is 14.6. The van der Waals surface area contributed by atoms with Crippen LogP contribution in [0.4, 0.5) is 14.7 Å². The quantitative estimate of drug-likeness (QED) is 0.724. The minimum absolute atomic E-state index is 0.0167. The van der Waals surface area contributed by atoms with E-state index in [9.17, 15) is 18.7 Å². The zero-order valence-corrected chi connectivity index (χ0v) is 17.4. The molecule has 2 aromatic rings. The van der Waals surface area contributed by atoms with Crippen molar-refractivity contribution in [3.8, 4) is 17.0 Å². The van der Waals surface area contributed by atoms with Crippen molar-refractivity contribution in [1.82, 2.24) is 15.3 Å². The molecule has 1 aliphatic carbocycles. The minimum atomic E-state index is -3.02. The lowest BCUT2D eigenvalue weighted by atomic mass is 9.90. The van der Waals surface area contributed by atoms with Gasteiger partial charge in [-0.2, -0.15) is 8.78 Å². The number of anilines is 1. The number of alkyl halides is 2. The number of β-amino-alcohol motifs (C(OH)–C–C–N with tert-alkyl or cyclic N) is 1. The van der Waals surface area contributed by atoms with Gasteiger partial charge in [0.15, 0.2) is 0 Å². The molecule has 168 valence electrons. The second-order valence-electron chi connectivity index (χ2n) is 8.99. The summed E-state index contributed by atoms with van der Waals surface area (Å²) in [5.41, 5.74) is 1.36. The third kappa shape index (κ3) is 2.75. The van der Waals surface area contributed by atoms with Crippen LogP contribution >= 0.6 is 0 Å². The Bertz CT molecular complexity index is 1140. The number of nitrogens with one attached hydrogen (secondary N) is 1. The molecule has 1 aromatic heterocycles. The Hall–Kier alpha value is -2.85. The van der Waals surface area contributed by atoms with E-state index in [1.807, 2.05) is 19.1 Å². The van der Waals surface area contributed by atoms with E-state index in [4.69, 9.17) is 9.47 Å². The number of halogens is 2. The van der Waals surface area contributed by atoms with Crippen molar-refractivity contribution in [2.45, 2.75) is 43.4 Å². The monoisotopic (exact) mass is 444 g/mol. The molecule has 2 N–H and O–H groups in total. The molecule has 2 fully saturated rings. The summed E-state index contributed by atoms with van der Waals surface area (Å²) in [6.07, 6.45) is -0.658. The first-order chi connectivity index (χ1) is 15.3. The number of nitrogens with zero attached hydrogens (tertiary/aromatic N) is 3. The Morgan fingerprint density at radius 3 is 2.88 bits per heavy atom. The number of aliphatic hydroxyl groups excluding tert-OH is 1. The van der Waals surface area contributed by atoms with Crippen molar-refractivity contribution >= 4 is 11.9 Å². The molecule has 2 saturated heterocycles. The van der Waals surface area contributed by atoms with Gasteiger partial charge in [-0.1, -0.05) is 12.1 Å². The molecule has 0 bridgehead atoms. The third-order valence-electron chi connectivity index (χ3n) is 6.92. The molecule has 4 aliphatic rings. The van der Waals surface area contributed by atoms with Crippen molar-refractivity contribution in [2.24, 2.45) is 0 Å². The first-order valence-corrected chi connectivity index (χ1v) is 10.7. The standard InChI is InChI=1S/C22H22F2N4O4/c1-11-15(29)7-28(11)20-25-18(13-4-5-22(23,24)19(13)26-20)12-2-3-14-16(6-12)32-10-21(14)9-31-8-17(30)27-21/h2-3,6,11,15,29H,4-5,7-10H2,1H3,(H,27,30)/t11-,15+,21-/m0/s1. The third-order valence-corrected chi connectivity index (χ3v) is 6.92. The van der Waals surface area contributed by atoms with E-state index in [1.165, 1.54) is 0 Å². The van der Waals surface area contributed by atoms with E-state index in [0.29, 0.717) is 35.7 Å². The summed E-state index contributed by atoms with van der Waals surface area (Å²) in [5, 5.41) is 12.8. The predicted octanol–water partition coefficient (Wildman–Crippen LogP) is 1.49. The highest BCUT2D eigenvalue weighted by Crippen LogP contribution is 2.46. The number of fused-ring (bicyclic) bond motifs is 3. The van der Waals surface area contributed by atoms with E-state index >= 15 is 0 Å². The van der Waals surface area contributed by atoms with E-state index in [-0.39, 0.29) is 49.6 Å². The zero-order chi connectivity index (χ0) is 22.3. The number of morpholine rings is 1. The van der Waals surface area contributed by atoms with Gasteiger partial charge in [-0.05, 0) is 19.4 Å². The van der Waals surface area contributed by atoms with Gasteiger partial charge in [0, 0.05) is 29.7 Å². The summed E-state index contributed by atoms with van der Waals surface area (Å²) < 4.78 is 40.6. The van der Waals surface area contributed by atoms with E-state index in [0.717, 1.165) is 5.56 Å². The number of aromatic nitrogens is 2. The van der Waals surface area contributed by atoms with Gasteiger partial charge in [0.2, 0.25) is 11.9 Å². The lowest BCUT2D eigenvalue weighted by Crippen LogP contribution is -2.59. The molecule has 0 unspecified atom stereocenters. The first kappa shape index (κ1) is 19.8. The van der Waals surface area contributed by atoms with Crippen LogP contribution in [0.25, 0.3) is 11.3 Å². The molecule has 1 amide bonds. The molecule has 4 heterocycles. The Morgan fingerprint density at radius 2 is 2.12 bits per heavy atom. The SMILES string of the molecule is C[C@H]1[C@H](O)CN1c1nc(-c2ccc3c(c2)OC[C@@]32COCC(=O)N2)c2c(n1)C(F)(F)CC2. The van der Waals surface area contributed by atoms with Gasteiger partial charge in [0.25, 0.3) is 5.92 Å². The fraction of sp³-hybridized carbons (Fsp3) is 0.500. The van der Waals surface area contributed by atoms with Gasteiger partial charge >= 0.3 is 0 Å². The van der Waals surface area contributed by atoms with Crippen molar-refractivity contribution < 1.29 is 28.2 Å². The normalized spacial score (nSPS) is 29.9. The number of aliphatic hydroxyl groups is 1. The average Bonchev–Trinajstić information content (AvgIpc) is 3.27. The molecule has 0 radical (unpaired) electrons. The highest BCUT2D eigenvalue weighted by Gasteiger charge is 2.47. The van der Waals surface area contributed by atoms with Crippen LogP contribution in [-0.4, -0.2) is 59.5 Å². The van der Waals surface area contributed by atoms with Crippen LogP contribution in [0.15, 0.2) is 18.2 Å². The summed E-state index contributed by atoms with van der Waals surface area (Å²) in [6.45, 7) is 2.68. The zero-order valence-electron chi connectivity index (χ0n) is 17.4. The lowest BCUT2D eigenvalue weighted by molar-refractivity contribution is -0.136. The van der Waals surface area contributed by atoms with Gasteiger partial charge < -0.3 is 24.8 Å². The molecule has 0 saturated carbocycles. The number of benzene rings is 1. The number of carbonyl (C=O) groups excluding carboxylic acids is 1. The molecule has 10 heteroatoms. The number of amides is 1. The maximum atomic E-state index is 14.6. The highest BCUT2D eigenvalue weighted by atomic mass is 19.3. The average molecular weight is 444 g/mol. The van der Waals surface area contributed by atoms with E-state index in [1.54, 1.807) is 11.0 Å². The van der Waals surface area contributed by atoms with E-state index in [2.05, 4.69) is 15.3 Å². The second kappa shape index (κ2) is 6.58. The van der Waals surface area contributed by atoms with Crippen LogP contribution in [0, 0.1) is 0 Å². The van der Waals surface area contributed by atoms with Crippen LogP contribution in [0.2, 0.25) is 0 Å². The number of carbonyl (C=O) groups is 1. The number of hydrogen-bond acceptors (Lipinski definition) is 7. The Balaban J connectivity index is 1.44. The van der Waals surface area contributed by atoms with Crippen LogP contribution in [-0.2, 0) is 27.4 Å². The Morgan fingerprint density at radius 1 is 1.28 bits per heavy atom. The summed E-state index contributed by atoms with van der Waals surface area (Å²) in [5.74, 6) is -2.46. The summed E-state index contributed by atoms with van der Waals surface area (Å²) in [4.78, 5) is 22.5. The van der Waals surface area contributed by atoms with Crippen molar-refractivity contribution in [1.29, 1.82) is 0 Å². The Kier molecular flexibility index (Phi) is 4.07.